The molecule has 0 saturated heterocycles. The Morgan fingerprint density at radius 3 is 2.41 bits per heavy atom. The fourth-order valence-corrected chi connectivity index (χ4v) is 3.40. The monoisotopic (exact) mass is 458 g/mol. The van der Waals surface area contributed by atoms with Crippen LogP contribution in [0.2, 0.25) is 0 Å². The zero-order valence-corrected chi connectivity index (χ0v) is 18.1. The van der Waals surface area contributed by atoms with E-state index < -0.39 is 29.6 Å². The molecule has 2 aromatic carbocycles. The molecular weight excluding hydrogens is 436 g/mol. The fraction of sp³-hybridized carbons (Fsp3) is 0.120. The third-order valence-electron chi connectivity index (χ3n) is 5.09. The van der Waals surface area contributed by atoms with Gasteiger partial charge in [0.1, 0.15) is 12.3 Å². The molecule has 0 radical (unpaired) electrons. The second-order valence-electron chi connectivity index (χ2n) is 7.49. The summed E-state index contributed by atoms with van der Waals surface area (Å²) in [5, 5.41) is 5.35. The van der Waals surface area contributed by atoms with E-state index in [2.05, 4.69) is 10.6 Å². The van der Waals surface area contributed by atoms with Gasteiger partial charge in [-0.3, -0.25) is 23.5 Å². The molecule has 172 valence electrons. The Labute approximate surface area is 194 Å². The highest BCUT2D eigenvalue weighted by molar-refractivity contribution is 6.03. The van der Waals surface area contributed by atoms with E-state index in [0.29, 0.717) is 5.76 Å². The fourth-order valence-electron chi connectivity index (χ4n) is 3.40. The van der Waals surface area contributed by atoms with Crippen molar-refractivity contribution in [3.63, 3.8) is 0 Å². The van der Waals surface area contributed by atoms with Crippen LogP contribution in [0.25, 0.3) is 0 Å². The van der Waals surface area contributed by atoms with Crippen LogP contribution in [0.1, 0.15) is 21.7 Å². The van der Waals surface area contributed by atoms with Gasteiger partial charge in [0.2, 0.25) is 5.91 Å². The standard InChI is InChI=1S/C25H22N4O5/c30-22(17-29-23(31)12-13-28(25(29)33)16-18-7-2-1-3-8-18)27-21-11-5-4-10-20(21)24(32)26-15-19-9-6-14-34-19/h1-14H,15-17H2,(H,26,32)(H,27,30). The molecule has 0 spiro atoms. The van der Waals surface area contributed by atoms with E-state index >= 15 is 0 Å². The molecule has 34 heavy (non-hydrogen) atoms. The van der Waals surface area contributed by atoms with E-state index in [1.807, 2.05) is 30.3 Å². The number of nitrogens with one attached hydrogen (secondary N) is 2. The number of hydrogen-bond donors (Lipinski definition) is 2. The first-order valence-electron chi connectivity index (χ1n) is 10.5. The van der Waals surface area contributed by atoms with Crippen LogP contribution in [0, 0.1) is 0 Å². The molecule has 0 aliphatic rings. The van der Waals surface area contributed by atoms with Crippen LogP contribution in [0.5, 0.6) is 0 Å². The topological polar surface area (TPSA) is 115 Å². The Morgan fingerprint density at radius 1 is 0.882 bits per heavy atom. The van der Waals surface area contributed by atoms with Crippen LogP contribution in [0.4, 0.5) is 5.69 Å². The molecule has 0 aliphatic carbocycles. The van der Waals surface area contributed by atoms with Crippen molar-refractivity contribution in [1.82, 2.24) is 14.5 Å². The number of furan rings is 1. The van der Waals surface area contributed by atoms with Gasteiger partial charge in [-0.2, -0.15) is 0 Å². The average molecular weight is 458 g/mol. The van der Waals surface area contributed by atoms with Gasteiger partial charge in [-0.25, -0.2) is 4.79 Å². The van der Waals surface area contributed by atoms with Gasteiger partial charge >= 0.3 is 5.69 Å². The Balaban J connectivity index is 1.48. The van der Waals surface area contributed by atoms with E-state index in [-0.39, 0.29) is 24.3 Å². The van der Waals surface area contributed by atoms with Gasteiger partial charge in [0.25, 0.3) is 11.5 Å². The zero-order valence-electron chi connectivity index (χ0n) is 18.1. The van der Waals surface area contributed by atoms with Crippen LogP contribution >= 0.6 is 0 Å². The van der Waals surface area contributed by atoms with E-state index in [1.54, 1.807) is 36.4 Å². The Morgan fingerprint density at radius 2 is 1.65 bits per heavy atom. The number of hydrogen-bond acceptors (Lipinski definition) is 5. The number of carbonyl (C=O) groups excluding carboxylic acids is 2. The minimum atomic E-state index is -0.608. The predicted molar refractivity (Wildman–Crippen MR) is 125 cm³/mol. The molecule has 0 bridgehead atoms. The molecule has 2 heterocycles. The van der Waals surface area contributed by atoms with Crippen molar-refractivity contribution in [2.24, 2.45) is 0 Å². The summed E-state index contributed by atoms with van der Waals surface area (Å²) in [5.41, 5.74) is 0.195. The van der Waals surface area contributed by atoms with Crippen molar-refractivity contribution in [2.75, 3.05) is 5.32 Å². The van der Waals surface area contributed by atoms with Crippen LogP contribution in [0.15, 0.2) is 99.3 Å². The lowest BCUT2D eigenvalue weighted by Crippen LogP contribution is -2.42. The number of aromatic nitrogens is 2. The summed E-state index contributed by atoms with van der Waals surface area (Å²) >= 11 is 0. The van der Waals surface area contributed by atoms with Crippen molar-refractivity contribution >= 4 is 17.5 Å². The molecule has 4 rings (SSSR count). The summed E-state index contributed by atoms with van der Waals surface area (Å²) in [6.45, 7) is -0.0373. The second kappa shape index (κ2) is 10.3. The SMILES string of the molecule is O=C(Cn1c(=O)ccn(Cc2ccccc2)c1=O)Nc1ccccc1C(=O)NCc1ccco1. The molecule has 9 nitrogen and oxygen atoms in total. The lowest BCUT2D eigenvalue weighted by Gasteiger charge is -2.13. The van der Waals surface area contributed by atoms with Gasteiger partial charge in [0.15, 0.2) is 0 Å². The van der Waals surface area contributed by atoms with Crippen molar-refractivity contribution < 1.29 is 14.0 Å². The maximum atomic E-state index is 12.8. The third kappa shape index (κ3) is 5.39. The Kier molecular flexibility index (Phi) is 6.83. The molecular formula is C25H22N4O5. The first kappa shape index (κ1) is 22.5. The molecule has 2 N–H and O–H groups in total. The van der Waals surface area contributed by atoms with Crippen molar-refractivity contribution in [3.05, 3.63) is 123 Å². The number of carbonyl (C=O) groups is 2. The van der Waals surface area contributed by atoms with Gasteiger partial charge in [-0.15, -0.1) is 0 Å². The van der Waals surface area contributed by atoms with Crippen LogP contribution in [-0.4, -0.2) is 20.9 Å². The zero-order chi connectivity index (χ0) is 23.9. The molecule has 0 atom stereocenters. The quantitative estimate of drug-likeness (QED) is 0.420. The minimum Gasteiger partial charge on any atom is -0.467 e. The molecule has 2 aromatic heterocycles. The third-order valence-corrected chi connectivity index (χ3v) is 5.09. The van der Waals surface area contributed by atoms with E-state index in [1.165, 1.54) is 23.1 Å². The Hall–Kier alpha value is -4.66. The van der Waals surface area contributed by atoms with Crippen molar-refractivity contribution in [1.29, 1.82) is 0 Å². The number of para-hydroxylation sites is 1. The van der Waals surface area contributed by atoms with E-state index in [4.69, 9.17) is 4.42 Å². The molecule has 0 saturated carbocycles. The number of benzene rings is 2. The van der Waals surface area contributed by atoms with Gasteiger partial charge in [0, 0.05) is 12.3 Å². The Bertz CT molecular complexity index is 1410. The number of rotatable bonds is 8. The average Bonchev–Trinajstić information content (AvgIpc) is 3.37. The summed E-state index contributed by atoms with van der Waals surface area (Å²) in [5.74, 6) is -0.428. The predicted octanol–water partition coefficient (Wildman–Crippen LogP) is 2.22. The van der Waals surface area contributed by atoms with Crippen LogP contribution < -0.4 is 21.9 Å². The van der Waals surface area contributed by atoms with Crippen LogP contribution in [-0.2, 0) is 24.4 Å². The molecule has 2 amide bonds. The smallest absolute Gasteiger partial charge is 0.331 e. The van der Waals surface area contributed by atoms with Crippen LogP contribution in [0.3, 0.4) is 0 Å². The summed E-state index contributed by atoms with van der Waals surface area (Å²) < 4.78 is 7.42. The molecule has 4 aromatic rings. The number of nitrogens with zero attached hydrogens (tertiary/aromatic N) is 2. The van der Waals surface area contributed by atoms with E-state index in [9.17, 15) is 19.2 Å². The highest BCUT2D eigenvalue weighted by Crippen LogP contribution is 2.15. The highest BCUT2D eigenvalue weighted by Gasteiger charge is 2.15. The van der Waals surface area contributed by atoms with Gasteiger partial charge in [0.05, 0.1) is 30.6 Å². The number of anilines is 1. The summed E-state index contributed by atoms with van der Waals surface area (Å²) in [6, 6.07) is 20.5. The molecule has 0 aliphatic heterocycles. The number of amides is 2. The lowest BCUT2D eigenvalue weighted by molar-refractivity contribution is -0.116. The summed E-state index contributed by atoms with van der Waals surface area (Å²) in [7, 11) is 0. The first-order chi connectivity index (χ1) is 16.5. The second-order valence-corrected chi connectivity index (χ2v) is 7.49. The minimum absolute atomic E-state index is 0.189. The lowest BCUT2D eigenvalue weighted by atomic mass is 10.1. The summed E-state index contributed by atoms with van der Waals surface area (Å²) in [4.78, 5) is 50.5. The van der Waals surface area contributed by atoms with Crippen molar-refractivity contribution in [3.8, 4) is 0 Å². The van der Waals surface area contributed by atoms with Gasteiger partial charge in [-0.1, -0.05) is 42.5 Å². The largest absolute Gasteiger partial charge is 0.467 e. The van der Waals surface area contributed by atoms with Crippen molar-refractivity contribution in [2.45, 2.75) is 19.6 Å². The summed E-state index contributed by atoms with van der Waals surface area (Å²) in [6.07, 6.45) is 2.92. The maximum Gasteiger partial charge on any atom is 0.331 e. The molecule has 0 fully saturated rings. The van der Waals surface area contributed by atoms with Gasteiger partial charge in [-0.05, 0) is 29.8 Å². The normalized spacial score (nSPS) is 10.6. The molecule has 9 heteroatoms. The molecule has 0 unspecified atom stereocenters. The highest BCUT2D eigenvalue weighted by atomic mass is 16.3. The van der Waals surface area contributed by atoms with E-state index in [0.717, 1.165) is 10.1 Å². The first-order valence-corrected chi connectivity index (χ1v) is 10.5. The maximum absolute atomic E-state index is 12.8. The van der Waals surface area contributed by atoms with Gasteiger partial charge < -0.3 is 15.1 Å².